The van der Waals surface area contributed by atoms with Crippen LogP contribution in [0.1, 0.15) is 23.2 Å². The van der Waals surface area contributed by atoms with Crippen LogP contribution in [-0.4, -0.2) is 18.0 Å². The molecule has 5 nitrogen and oxygen atoms in total. The molecule has 2 rings (SSSR count). The van der Waals surface area contributed by atoms with Gasteiger partial charge in [0.1, 0.15) is 5.52 Å². The topological polar surface area (TPSA) is 64.4 Å². The van der Waals surface area contributed by atoms with Gasteiger partial charge in [-0.3, -0.25) is 9.63 Å². The maximum absolute atomic E-state index is 11.4. The van der Waals surface area contributed by atoms with Crippen molar-refractivity contribution in [3.05, 3.63) is 29.7 Å². The summed E-state index contributed by atoms with van der Waals surface area (Å²) in [6, 6.07) is 5.29. The van der Waals surface area contributed by atoms with Crippen LogP contribution in [0.25, 0.3) is 11.1 Å². The lowest BCUT2D eigenvalue weighted by molar-refractivity contribution is 0.0512. The highest BCUT2D eigenvalue weighted by molar-refractivity contribution is 5.94. The number of fused-ring (bicyclic) bond motifs is 1. The zero-order chi connectivity index (χ0) is 11.5. The molecule has 0 spiro atoms. The maximum Gasteiger partial charge on any atom is 0.310 e. The van der Waals surface area contributed by atoms with Crippen molar-refractivity contribution in [3.63, 3.8) is 0 Å². The Labute approximate surface area is 92.4 Å². The fourth-order valence-electron chi connectivity index (χ4n) is 1.42. The monoisotopic (exact) mass is 220 g/mol. The average molecular weight is 220 g/mol. The third-order valence-corrected chi connectivity index (χ3v) is 2.21. The van der Waals surface area contributed by atoms with E-state index in [0.717, 1.165) is 12.1 Å². The molecule has 0 fully saturated rings. The van der Waals surface area contributed by atoms with Crippen molar-refractivity contribution in [2.75, 3.05) is 7.11 Å². The molecule has 2 heterocycles. The summed E-state index contributed by atoms with van der Waals surface area (Å²) in [5.41, 5.74) is 4.43. The maximum atomic E-state index is 11.4. The second-order valence-electron chi connectivity index (χ2n) is 3.29. The first-order valence-electron chi connectivity index (χ1n) is 4.97. The van der Waals surface area contributed by atoms with Crippen LogP contribution in [0.3, 0.4) is 0 Å². The molecule has 0 aliphatic carbocycles. The van der Waals surface area contributed by atoms with Gasteiger partial charge < -0.3 is 4.42 Å². The van der Waals surface area contributed by atoms with Crippen LogP contribution in [0.5, 0.6) is 0 Å². The van der Waals surface area contributed by atoms with E-state index in [1.54, 1.807) is 6.07 Å². The highest BCUT2D eigenvalue weighted by Crippen LogP contribution is 2.18. The Morgan fingerprint density at radius 2 is 2.38 bits per heavy atom. The number of amides is 1. The van der Waals surface area contributed by atoms with E-state index in [4.69, 9.17) is 4.42 Å². The smallest absolute Gasteiger partial charge is 0.310 e. The van der Waals surface area contributed by atoms with Crippen molar-refractivity contribution in [3.8, 4) is 0 Å². The molecular formula is C11H12N2O3. The molecule has 2 aromatic heterocycles. The molecule has 0 unspecified atom stereocenters. The van der Waals surface area contributed by atoms with E-state index < -0.39 is 5.91 Å². The first kappa shape index (κ1) is 10.6. The summed E-state index contributed by atoms with van der Waals surface area (Å²) in [7, 11) is 1.37. The summed E-state index contributed by atoms with van der Waals surface area (Å²) in [6.07, 6.45) is 0.848. The molecule has 0 aliphatic heterocycles. The van der Waals surface area contributed by atoms with Crippen LogP contribution in [0, 0.1) is 0 Å². The van der Waals surface area contributed by atoms with Gasteiger partial charge in [0.2, 0.25) is 0 Å². The van der Waals surface area contributed by atoms with Gasteiger partial charge in [-0.15, -0.1) is 0 Å². The summed E-state index contributed by atoms with van der Waals surface area (Å²) >= 11 is 0. The van der Waals surface area contributed by atoms with Crippen molar-refractivity contribution in [2.45, 2.75) is 13.3 Å². The van der Waals surface area contributed by atoms with Crippen molar-refractivity contribution < 1.29 is 14.0 Å². The molecule has 16 heavy (non-hydrogen) atoms. The van der Waals surface area contributed by atoms with Gasteiger partial charge in [0.25, 0.3) is 0 Å². The van der Waals surface area contributed by atoms with Gasteiger partial charge in [-0.1, -0.05) is 6.92 Å². The Morgan fingerprint density at radius 1 is 1.56 bits per heavy atom. The largest absolute Gasteiger partial charge is 0.449 e. The molecule has 5 heteroatoms. The molecule has 0 atom stereocenters. The van der Waals surface area contributed by atoms with Crippen LogP contribution in [-0.2, 0) is 11.3 Å². The third-order valence-electron chi connectivity index (χ3n) is 2.21. The first-order chi connectivity index (χ1) is 7.74. The number of aromatic nitrogens is 1. The molecule has 0 aromatic carbocycles. The number of nitrogens with one attached hydrogen (secondary N) is 1. The summed E-state index contributed by atoms with van der Waals surface area (Å²) in [6.45, 7) is 2.02. The number of furan rings is 1. The van der Waals surface area contributed by atoms with Crippen LogP contribution < -0.4 is 5.48 Å². The lowest BCUT2D eigenvalue weighted by Gasteiger charge is -1.95. The summed E-state index contributed by atoms with van der Waals surface area (Å²) in [4.78, 5) is 20.3. The number of aryl methyl sites for hydroxylation is 1. The summed E-state index contributed by atoms with van der Waals surface area (Å²) < 4.78 is 5.33. The Bertz CT molecular complexity index is 519. The number of pyridine rings is 1. The van der Waals surface area contributed by atoms with Gasteiger partial charge in [-0.2, -0.15) is 0 Å². The van der Waals surface area contributed by atoms with Gasteiger partial charge in [-0.05, 0) is 18.6 Å². The van der Waals surface area contributed by atoms with Crippen molar-refractivity contribution >= 4 is 17.0 Å². The van der Waals surface area contributed by atoms with Crippen LogP contribution in [0.15, 0.2) is 22.6 Å². The standard InChI is InChI=1S/C11H12N2O3/c1-3-7-4-5-9-8(12-7)6-10(16-9)11(14)13-15-2/h4-6H,3H2,1-2H3,(H,13,14). The predicted molar refractivity (Wildman–Crippen MR) is 57.9 cm³/mol. The highest BCUT2D eigenvalue weighted by atomic mass is 16.6. The van der Waals surface area contributed by atoms with E-state index in [1.165, 1.54) is 7.11 Å². The van der Waals surface area contributed by atoms with E-state index in [-0.39, 0.29) is 5.76 Å². The van der Waals surface area contributed by atoms with Gasteiger partial charge in [0.05, 0.1) is 7.11 Å². The van der Waals surface area contributed by atoms with Crippen molar-refractivity contribution in [2.24, 2.45) is 0 Å². The SMILES string of the molecule is CCc1ccc2oc(C(=O)NOC)cc2n1. The summed E-state index contributed by atoms with van der Waals surface area (Å²) in [5.74, 6) is -0.226. The second kappa shape index (κ2) is 4.32. The highest BCUT2D eigenvalue weighted by Gasteiger charge is 2.12. The number of hydrogen-bond acceptors (Lipinski definition) is 4. The number of carbonyl (C=O) groups excluding carboxylic acids is 1. The molecule has 0 aliphatic rings. The van der Waals surface area contributed by atoms with Gasteiger partial charge in [-0.25, -0.2) is 10.5 Å². The minimum atomic E-state index is -0.418. The lowest BCUT2D eigenvalue weighted by Crippen LogP contribution is -2.20. The van der Waals surface area contributed by atoms with E-state index in [2.05, 4.69) is 15.3 Å². The number of hydroxylamine groups is 1. The molecule has 0 saturated heterocycles. The molecule has 0 radical (unpaired) electrons. The van der Waals surface area contributed by atoms with E-state index >= 15 is 0 Å². The number of hydrogen-bond donors (Lipinski definition) is 1. The van der Waals surface area contributed by atoms with E-state index in [9.17, 15) is 4.79 Å². The van der Waals surface area contributed by atoms with Crippen LogP contribution in [0.4, 0.5) is 0 Å². The fourth-order valence-corrected chi connectivity index (χ4v) is 1.42. The molecule has 1 amide bonds. The molecule has 2 aromatic rings. The van der Waals surface area contributed by atoms with Crippen molar-refractivity contribution in [1.29, 1.82) is 0 Å². The minimum absolute atomic E-state index is 0.192. The van der Waals surface area contributed by atoms with Crippen LogP contribution >= 0.6 is 0 Å². The van der Waals surface area contributed by atoms with E-state index in [1.807, 2.05) is 19.1 Å². The zero-order valence-corrected chi connectivity index (χ0v) is 9.11. The van der Waals surface area contributed by atoms with E-state index in [0.29, 0.717) is 11.1 Å². The third kappa shape index (κ3) is 1.90. The molecular weight excluding hydrogens is 208 g/mol. The Morgan fingerprint density at radius 3 is 3.06 bits per heavy atom. The Balaban J connectivity index is 2.39. The quantitative estimate of drug-likeness (QED) is 0.799. The minimum Gasteiger partial charge on any atom is -0.449 e. The second-order valence-corrected chi connectivity index (χ2v) is 3.29. The van der Waals surface area contributed by atoms with Crippen LogP contribution in [0.2, 0.25) is 0 Å². The molecule has 0 saturated carbocycles. The summed E-state index contributed by atoms with van der Waals surface area (Å²) in [5, 5.41) is 0. The number of rotatable bonds is 3. The van der Waals surface area contributed by atoms with Gasteiger partial charge in [0.15, 0.2) is 11.3 Å². The molecule has 0 bridgehead atoms. The van der Waals surface area contributed by atoms with Crippen molar-refractivity contribution in [1.82, 2.24) is 10.5 Å². The molecule has 84 valence electrons. The number of carbonyl (C=O) groups is 1. The number of nitrogens with zero attached hydrogens (tertiary/aromatic N) is 1. The normalized spacial score (nSPS) is 10.6. The molecule has 1 N–H and O–H groups in total. The fraction of sp³-hybridized carbons (Fsp3) is 0.273. The Hall–Kier alpha value is -1.88. The van der Waals surface area contributed by atoms with Gasteiger partial charge >= 0.3 is 5.91 Å². The lowest BCUT2D eigenvalue weighted by atomic mass is 10.3. The first-order valence-corrected chi connectivity index (χ1v) is 4.97. The Kier molecular flexibility index (Phi) is 2.87. The average Bonchev–Trinajstić information content (AvgIpc) is 2.71. The van der Waals surface area contributed by atoms with Gasteiger partial charge in [0, 0.05) is 11.8 Å². The zero-order valence-electron chi connectivity index (χ0n) is 9.11. The predicted octanol–water partition coefficient (Wildman–Crippen LogP) is 1.68.